The molecule has 196 valence electrons. The van der Waals surface area contributed by atoms with Gasteiger partial charge in [-0.3, -0.25) is 9.36 Å². The first kappa shape index (κ1) is 26.0. The Kier molecular flexibility index (Phi) is 7.88. The first-order chi connectivity index (χ1) is 19.1. The number of ether oxygens (including phenoxy) is 2. The number of methoxy groups -OCH3 is 2. The standard InChI is InChI=1S/C30H27N5O3S/c1-20(23-9-8-21-6-4-5-7-24(21)18-23)31-32-28(36)19-39-30-34-33-29(22-10-14-26(37-2)15-11-22)35(30)25-12-16-27(38-3)17-13-25/h4-18H,19H2,1-3H3,(H,32,36)/b31-20-. The van der Waals surface area contributed by atoms with E-state index < -0.39 is 0 Å². The van der Waals surface area contributed by atoms with Crippen molar-refractivity contribution in [1.29, 1.82) is 0 Å². The highest BCUT2D eigenvalue weighted by Crippen LogP contribution is 2.30. The second-order valence-corrected chi connectivity index (χ2v) is 9.59. The highest BCUT2D eigenvalue weighted by atomic mass is 32.2. The lowest BCUT2D eigenvalue weighted by molar-refractivity contribution is -0.118. The van der Waals surface area contributed by atoms with Crippen LogP contribution in [0.3, 0.4) is 0 Å². The monoisotopic (exact) mass is 537 g/mol. The van der Waals surface area contributed by atoms with Gasteiger partial charge >= 0.3 is 0 Å². The van der Waals surface area contributed by atoms with E-state index in [2.05, 4.69) is 38.9 Å². The molecule has 0 spiro atoms. The van der Waals surface area contributed by atoms with Crippen molar-refractivity contribution in [3.63, 3.8) is 0 Å². The maximum Gasteiger partial charge on any atom is 0.250 e. The number of hydrogen-bond acceptors (Lipinski definition) is 7. The van der Waals surface area contributed by atoms with E-state index in [1.165, 1.54) is 11.8 Å². The van der Waals surface area contributed by atoms with Crippen molar-refractivity contribution in [2.75, 3.05) is 20.0 Å². The molecular formula is C30H27N5O3S. The number of nitrogens with zero attached hydrogens (tertiary/aromatic N) is 4. The molecule has 1 aromatic heterocycles. The van der Waals surface area contributed by atoms with Crippen LogP contribution in [0.15, 0.2) is 101 Å². The molecule has 8 nitrogen and oxygen atoms in total. The molecule has 1 amide bonds. The quantitative estimate of drug-likeness (QED) is 0.147. The molecule has 0 aliphatic carbocycles. The molecule has 5 aromatic rings. The van der Waals surface area contributed by atoms with Crippen molar-refractivity contribution < 1.29 is 14.3 Å². The highest BCUT2D eigenvalue weighted by Gasteiger charge is 2.18. The number of fused-ring (bicyclic) bond motifs is 1. The number of hydrazone groups is 1. The van der Waals surface area contributed by atoms with Crippen LogP contribution in [0.25, 0.3) is 27.8 Å². The van der Waals surface area contributed by atoms with Gasteiger partial charge in [0.05, 0.1) is 25.7 Å². The third-order valence-electron chi connectivity index (χ3n) is 6.16. The number of amides is 1. The molecule has 0 bridgehead atoms. The Morgan fingerprint density at radius 3 is 2.23 bits per heavy atom. The van der Waals surface area contributed by atoms with Crippen LogP contribution in [0.5, 0.6) is 11.5 Å². The van der Waals surface area contributed by atoms with Crippen molar-refractivity contribution in [3.8, 4) is 28.6 Å². The van der Waals surface area contributed by atoms with E-state index in [0.29, 0.717) is 11.0 Å². The smallest absolute Gasteiger partial charge is 0.250 e. The first-order valence-corrected chi connectivity index (χ1v) is 13.2. The summed E-state index contributed by atoms with van der Waals surface area (Å²) in [5.41, 5.74) is 6.05. The molecule has 0 saturated heterocycles. The van der Waals surface area contributed by atoms with Crippen LogP contribution in [0.4, 0.5) is 0 Å². The molecule has 0 fully saturated rings. The van der Waals surface area contributed by atoms with E-state index in [9.17, 15) is 4.79 Å². The minimum Gasteiger partial charge on any atom is -0.497 e. The fraction of sp³-hybridized carbons (Fsp3) is 0.133. The molecule has 0 aliphatic rings. The van der Waals surface area contributed by atoms with Gasteiger partial charge < -0.3 is 9.47 Å². The minimum atomic E-state index is -0.240. The molecule has 0 radical (unpaired) electrons. The molecular weight excluding hydrogens is 510 g/mol. The van der Waals surface area contributed by atoms with E-state index in [4.69, 9.17) is 9.47 Å². The number of rotatable bonds is 9. The molecule has 0 atom stereocenters. The molecule has 0 saturated carbocycles. The van der Waals surface area contributed by atoms with Crippen molar-refractivity contribution in [2.45, 2.75) is 12.1 Å². The van der Waals surface area contributed by atoms with Crippen LogP contribution < -0.4 is 14.9 Å². The van der Waals surface area contributed by atoms with E-state index in [-0.39, 0.29) is 11.7 Å². The summed E-state index contributed by atoms with van der Waals surface area (Å²) in [6, 6.07) is 29.4. The topological polar surface area (TPSA) is 90.6 Å². The molecule has 4 aromatic carbocycles. The van der Waals surface area contributed by atoms with E-state index in [0.717, 1.165) is 44.8 Å². The van der Waals surface area contributed by atoms with Crippen molar-refractivity contribution >= 4 is 34.2 Å². The number of aromatic nitrogens is 3. The highest BCUT2D eigenvalue weighted by molar-refractivity contribution is 7.99. The lowest BCUT2D eigenvalue weighted by atomic mass is 10.0. The van der Waals surface area contributed by atoms with Crippen LogP contribution in [0.2, 0.25) is 0 Å². The van der Waals surface area contributed by atoms with Gasteiger partial charge in [-0.1, -0.05) is 48.2 Å². The maximum absolute atomic E-state index is 12.7. The lowest BCUT2D eigenvalue weighted by Crippen LogP contribution is -2.21. The van der Waals surface area contributed by atoms with Gasteiger partial charge in [-0.15, -0.1) is 10.2 Å². The Balaban J connectivity index is 1.34. The van der Waals surface area contributed by atoms with Gasteiger partial charge in [-0.25, -0.2) is 5.43 Å². The van der Waals surface area contributed by atoms with Gasteiger partial charge in [0, 0.05) is 11.3 Å². The third kappa shape index (κ3) is 5.94. The van der Waals surface area contributed by atoms with Crippen LogP contribution >= 0.6 is 11.8 Å². The van der Waals surface area contributed by atoms with Gasteiger partial charge in [0.1, 0.15) is 11.5 Å². The maximum atomic E-state index is 12.7. The zero-order chi connectivity index (χ0) is 27.2. The zero-order valence-corrected chi connectivity index (χ0v) is 22.6. The van der Waals surface area contributed by atoms with Gasteiger partial charge in [-0.05, 0) is 77.9 Å². The predicted molar refractivity (Wildman–Crippen MR) is 155 cm³/mol. The number of benzene rings is 4. The summed E-state index contributed by atoms with van der Waals surface area (Å²) in [6.07, 6.45) is 0. The average molecular weight is 538 g/mol. The SMILES string of the molecule is COc1ccc(-c2nnc(SCC(=O)N/N=C(/C)c3ccc4ccccc4c3)n2-c2ccc(OC)cc2)cc1. The lowest BCUT2D eigenvalue weighted by Gasteiger charge is -2.11. The summed E-state index contributed by atoms with van der Waals surface area (Å²) in [6.45, 7) is 1.87. The Morgan fingerprint density at radius 1 is 0.872 bits per heavy atom. The summed E-state index contributed by atoms with van der Waals surface area (Å²) in [5, 5.41) is 16.0. The largest absolute Gasteiger partial charge is 0.497 e. The number of thioether (sulfide) groups is 1. The molecule has 0 aliphatic heterocycles. The molecule has 39 heavy (non-hydrogen) atoms. The first-order valence-electron chi connectivity index (χ1n) is 12.2. The van der Waals surface area contributed by atoms with E-state index in [1.54, 1.807) is 14.2 Å². The predicted octanol–water partition coefficient (Wildman–Crippen LogP) is 5.74. The molecule has 5 rings (SSSR count). The fourth-order valence-electron chi connectivity index (χ4n) is 4.04. The van der Waals surface area contributed by atoms with Crippen molar-refractivity contribution in [1.82, 2.24) is 20.2 Å². The van der Waals surface area contributed by atoms with Gasteiger partial charge in [0.25, 0.3) is 5.91 Å². The van der Waals surface area contributed by atoms with Gasteiger partial charge in [0.2, 0.25) is 0 Å². The Hall–Kier alpha value is -4.63. The van der Waals surface area contributed by atoms with Crippen LogP contribution in [-0.2, 0) is 4.79 Å². The summed E-state index contributed by atoms with van der Waals surface area (Å²) in [5.74, 6) is 2.02. The van der Waals surface area contributed by atoms with E-state index in [1.807, 2.05) is 84.3 Å². The Bertz CT molecular complexity index is 1630. The van der Waals surface area contributed by atoms with Crippen LogP contribution in [0.1, 0.15) is 12.5 Å². The normalized spacial score (nSPS) is 11.4. The van der Waals surface area contributed by atoms with Crippen LogP contribution in [0, 0.1) is 0 Å². The number of hydrogen-bond donors (Lipinski definition) is 1. The number of carbonyl (C=O) groups excluding carboxylic acids is 1. The summed E-state index contributed by atoms with van der Waals surface area (Å²) >= 11 is 1.28. The zero-order valence-electron chi connectivity index (χ0n) is 21.8. The second-order valence-electron chi connectivity index (χ2n) is 8.65. The van der Waals surface area contributed by atoms with Crippen molar-refractivity contribution in [3.05, 3.63) is 96.6 Å². The summed E-state index contributed by atoms with van der Waals surface area (Å²) < 4.78 is 12.5. The summed E-state index contributed by atoms with van der Waals surface area (Å²) in [7, 11) is 3.25. The van der Waals surface area contributed by atoms with E-state index >= 15 is 0 Å². The van der Waals surface area contributed by atoms with Crippen LogP contribution in [-0.4, -0.2) is 46.4 Å². The average Bonchev–Trinajstić information content (AvgIpc) is 3.42. The Labute approximate surface area is 230 Å². The Morgan fingerprint density at radius 2 is 1.54 bits per heavy atom. The van der Waals surface area contributed by atoms with Crippen molar-refractivity contribution in [2.24, 2.45) is 5.10 Å². The third-order valence-corrected chi connectivity index (χ3v) is 7.09. The second kappa shape index (κ2) is 11.8. The number of nitrogens with one attached hydrogen (secondary N) is 1. The van der Waals surface area contributed by atoms with Gasteiger partial charge in [0.15, 0.2) is 11.0 Å². The number of carbonyl (C=O) groups is 1. The molecule has 1 N–H and O–H groups in total. The fourth-order valence-corrected chi connectivity index (χ4v) is 4.79. The molecule has 1 heterocycles. The minimum absolute atomic E-state index is 0.116. The molecule has 9 heteroatoms. The van der Waals surface area contributed by atoms with Gasteiger partial charge in [-0.2, -0.15) is 5.10 Å². The summed E-state index contributed by atoms with van der Waals surface area (Å²) in [4.78, 5) is 12.7. The molecule has 0 unspecified atom stereocenters.